The number of piperidine rings is 1. The van der Waals surface area contributed by atoms with Crippen LogP contribution < -0.4 is 15.5 Å². The van der Waals surface area contributed by atoms with Crippen LogP contribution in [0.25, 0.3) is 0 Å². The zero-order valence-electron chi connectivity index (χ0n) is 18.4. The monoisotopic (exact) mass is 429 g/mol. The summed E-state index contributed by atoms with van der Waals surface area (Å²) in [4.78, 5) is 13.0. The van der Waals surface area contributed by atoms with Crippen molar-refractivity contribution in [3.63, 3.8) is 0 Å². The van der Waals surface area contributed by atoms with E-state index in [0.29, 0.717) is 19.1 Å². The van der Waals surface area contributed by atoms with Gasteiger partial charge in [0.1, 0.15) is 0 Å². The number of aryl methyl sites for hydroxylation is 2. The van der Waals surface area contributed by atoms with Crippen LogP contribution in [0.1, 0.15) is 40.9 Å². The lowest BCUT2D eigenvalue weighted by molar-refractivity contribution is 0.203. The van der Waals surface area contributed by atoms with Gasteiger partial charge in [0, 0.05) is 49.8 Å². The van der Waals surface area contributed by atoms with E-state index < -0.39 is 0 Å². The van der Waals surface area contributed by atoms with Crippen molar-refractivity contribution in [3.8, 4) is 0 Å². The average Bonchev–Trinajstić information content (AvgIpc) is 3.09. The van der Waals surface area contributed by atoms with Crippen LogP contribution in [0.5, 0.6) is 0 Å². The van der Waals surface area contributed by atoms with Gasteiger partial charge in [-0.25, -0.2) is 9.98 Å². The van der Waals surface area contributed by atoms with Crippen molar-refractivity contribution >= 4 is 23.0 Å². The van der Waals surface area contributed by atoms with E-state index in [-0.39, 0.29) is 0 Å². The maximum absolute atomic E-state index is 9.31. The summed E-state index contributed by atoms with van der Waals surface area (Å²) in [5.41, 5.74) is 3.60. The van der Waals surface area contributed by atoms with Gasteiger partial charge in [-0.2, -0.15) is 0 Å². The molecule has 0 bridgehead atoms. The second-order valence-corrected chi connectivity index (χ2v) is 9.19. The predicted molar refractivity (Wildman–Crippen MR) is 127 cm³/mol. The number of rotatable bonds is 8. The number of guanidine groups is 1. The average molecular weight is 430 g/mol. The number of thiazole rings is 1. The molecule has 3 N–H and O–H groups in total. The lowest BCUT2D eigenvalue weighted by Crippen LogP contribution is -2.38. The summed E-state index contributed by atoms with van der Waals surface area (Å²) in [6, 6.07) is 8.72. The highest BCUT2D eigenvalue weighted by molar-refractivity contribution is 7.11. The molecular weight excluding hydrogens is 394 g/mol. The van der Waals surface area contributed by atoms with Gasteiger partial charge in [0.05, 0.1) is 17.2 Å². The summed E-state index contributed by atoms with van der Waals surface area (Å²) in [6.07, 6.45) is 3.05. The zero-order chi connectivity index (χ0) is 21.3. The third-order valence-electron chi connectivity index (χ3n) is 5.64. The van der Waals surface area contributed by atoms with Crippen LogP contribution in [-0.2, 0) is 13.0 Å². The zero-order valence-corrected chi connectivity index (χ0v) is 19.3. The molecule has 1 fully saturated rings. The molecule has 3 rings (SSSR count). The van der Waals surface area contributed by atoms with Gasteiger partial charge >= 0.3 is 0 Å². The number of aromatic nitrogens is 1. The van der Waals surface area contributed by atoms with Crippen molar-refractivity contribution in [3.05, 3.63) is 45.4 Å². The van der Waals surface area contributed by atoms with Crippen LogP contribution >= 0.6 is 11.3 Å². The minimum atomic E-state index is 0.316. The van der Waals surface area contributed by atoms with Crippen molar-refractivity contribution in [2.45, 2.75) is 46.6 Å². The first kappa shape index (κ1) is 22.6. The van der Waals surface area contributed by atoms with Gasteiger partial charge in [0.25, 0.3) is 0 Å². The molecule has 0 radical (unpaired) electrons. The summed E-state index contributed by atoms with van der Waals surface area (Å²) in [6.45, 7) is 10.9. The Balaban J connectivity index is 1.50. The SMILES string of the molecule is CCNC(=NCc1ccc(N2CCC(CO)CC2)cc1)NCCc1nc(C)c(C)s1. The fraction of sp³-hybridized carbons (Fsp3) is 0.565. The largest absolute Gasteiger partial charge is 0.396 e. The number of hydrogen-bond donors (Lipinski definition) is 3. The molecule has 7 heteroatoms. The lowest BCUT2D eigenvalue weighted by atomic mass is 9.97. The fourth-order valence-electron chi connectivity index (χ4n) is 3.63. The van der Waals surface area contributed by atoms with Crippen molar-refractivity contribution in [1.82, 2.24) is 15.6 Å². The molecule has 2 aromatic rings. The summed E-state index contributed by atoms with van der Waals surface area (Å²) >= 11 is 1.78. The maximum Gasteiger partial charge on any atom is 0.191 e. The number of nitrogens with zero attached hydrogens (tertiary/aromatic N) is 3. The van der Waals surface area contributed by atoms with Gasteiger partial charge < -0.3 is 20.6 Å². The standard InChI is InChI=1S/C23H35N5OS/c1-4-24-23(25-12-9-22-27-17(2)18(3)30-22)26-15-19-5-7-21(8-6-19)28-13-10-20(16-29)11-14-28/h5-8,20,29H,4,9-16H2,1-3H3,(H2,24,25,26). The molecule has 0 amide bonds. The molecule has 6 nitrogen and oxygen atoms in total. The Hall–Kier alpha value is -2.12. The van der Waals surface area contributed by atoms with Gasteiger partial charge in [0.2, 0.25) is 0 Å². The van der Waals surface area contributed by atoms with E-state index in [4.69, 9.17) is 4.99 Å². The van der Waals surface area contributed by atoms with Gasteiger partial charge in [0.15, 0.2) is 5.96 Å². The molecule has 0 aliphatic carbocycles. The molecule has 1 aromatic carbocycles. The maximum atomic E-state index is 9.31. The number of benzene rings is 1. The van der Waals surface area contributed by atoms with Crippen LogP contribution in [0.15, 0.2) is 29.3 Å². The van der Waals surface area contributed by atoms with Crippen molar-refractivity contribution in [2.75, 3.05) is 37.7 Å². The Morgan fingerprint density at radius 1 is 1.20 bits per heavy atom. The quantitative estimate of drug-likeness (QED) is 0.444. The second kappa shape index (κ2) is 11.3. The van der Waals surface area contributed by atoms with Crippen LogP contribution in [0, 0.1) is 19.8 Å². The van der Waals surface area contributed by atoms with Gasteiger partial charge in [-0.15, -0.1) is 11.3 Å². The molecule has 2 heterocycles. The number of anilines is 1. The van der Waals surface area contributed by atoms with E-state index in [9.17, 15) is 5.11 Å². The number of aliphatic hydroxyl groups excluding tert-OH is 1. The molecule has 0 atom stereocenters. The van der Waals surface area contributed by atoms with Crippen LogP contribution in [0.4, 0.5) is 5.69 Å². The fourth-order valence-corrected chi connectivity index (χ4v) is 4.57. The Labute approximate surface area is 184 Å². The molecule has 1 saturated heterocycles. The van der Waals surface area contributed by atoms with E-state index in [1.807, 2.05) is 0 Å². The van der Waals surface area contributed by atoms with Gasteiger partial charge in [-0.3, -0.25) is 0 Å². The van der Waals surface area contributed by atoms with Gasteiger partial charge in [-0.1, -0.05) is 12.1 Å². The summed E-state index contributed by atoms with van der Waals surface area (Å²) < 4.78 is 0. The molecule has 1 aliphatic heterocycles. The Bertz CT molecular complexity index is 790. The van der Waals surface area contributed by atoms with Crippen molar-refractivity contribution in [1.29, 1.82) is 0 Å². The first-order valence-corrected chi connectivity index (χ1v) is 11.8. The number of hydrogen-bond acceptors (Lipinski definition) is 5. The van der Waals surface area contributed by atoms with E-state index in [0.717, 1.165) is 57.1 Å². The summed E-state index contributed by atoms with van der Waals surface area (Å²) in [5, 5.41) is 17.2. The molecular formula is C23H35N5OS. The first-order valence-electron chi connectivity index (χ1n) is 11.0. The Kier molecular flexibility index (Phi) is 8.51. The molecule has 1 aromatic heterocycles. The molecule has 0 saturated carbocycles. The Morgan fingerprint density at radius 3 is 2.53 bits per heavy atom. The minimum absolute atomic E-state index is 0.316. The van der Waals surface area contributed by atoms with E-state index >= 15 is 0 Å². The number of nitrogens with one attached hydrogen (secondary N) is 2. The second-order valence-electron chi connectivity index (χ2n) is 7.90. The highest BCUT2D eigenvalue weighted by atomic mass is 32.1. The van der Waals surface area contributed by atoms with E-state index in [2.05, 4.69) is 65.6 Å². The summed E-state index contributed by atoms with van der Waals surface area (Å²) in [7, 11) is 0. The van der Waals surface area contributed by atoms with E-state index in [1.165, 1.54) is 21.1 Å². The smallest absolute Gasteiger partial charge is 0.191 e. The molecule has 1 aliphatic rings. The Morgan fingerprint density at radius 2 is 1.93 bits per heavy atom. The molecule has 164 valence electrons. The van der Waals surface area contributed by atoms with Gasteiger partial charge in [-0.05, 0) is 57.2 Å². The minimum Gasteiger partial charge on any atom is -0.396 e. The first-order chi connectivity index (χ1) is 14.6. The van der Waals surface area contributed by atoms with E-state index in [1.54, 1.807) is 11.3 Å². The van der Waals surface area contributed by atoms with Crippen LogP contribution in [-0.4, -0.2) is 48.8 Å². The molecule has 30 heavy (non-hydrogen) atoms. The highest BCUT2D eigenvalue weighted by Gasteiger charge is 2.18. The normalized spacial score (nSPS) is 15.5. The third kappa shape index (κ3) is 6.44. The van der Waals surface area contributed by atoms with Crippen LogP contribution in [0.3, 0.4) is 0 Å². The number of aliphatic imine (C=N–C) groups is 1. The van der Waals surface area contributed by atoms with Crippen molar-refractivity contribution in [2.24, 2.45) is 10.9 Å². The molecule has 0 unspecified atom stereocenters. The van der Waals surface area contributed by atoms with Crippen LogP contribution in [0.2, 0.25) is 0 Å². The predicted octanol–water partition coefficient (Wildman–Crippen LogP) is 3.27. The topological polar surface area (TPSA) is 72.8 Å². The highest BCUT2D eigenvalue weighted by Crippen LogP contribution is 2.23. The van der Waals surface area contributed by atoms with Crippen molar-refractivity contribution < 1.29 is 5.11 Å². The molecule has 0 spiro atoms. The lowest BCUT2D eigenvalue weighted by Gasteiger charge is -2.32. The number of aliphatic hydroxyl groups is 1. The third-order valence-corrected chi connectivity index (χ3v) is 6.77. The summed E-state index contributed by atoms with van der Waals surface area (Å²) in [5.74, 6) is 1.31.